The van der Waals surface area contributed by atoms with Crippen molar-refractivity contribution >= 4 is 35.4 Å². The summed E-state index contributed by atoms with van der Waals surface area (Å²) < 4.78 is 17.3. The maximum Gasteiger partial charge on any atom is 0.313 e. The van der Waals surface area contributed by atoms with Crippen molar-refractivity contribution in [3.63, 3.8) is 0 Å². The van der Waals surface area contributed by atoms with E-state index in [4.69, 9.17) is 12.3 Å². The van der Waals surface area contributed by atoms with Crippen LogP contribution in [0.2, 0.25) is 45.8 Å². The molecule has 92 valence electrons. The second kappa shape index (κ2) is 5.86. The van der Waals surface area contributed by atoms with E-state index < -0.39 is 35.4 Å². The quantitative estimate of drug-likeness (QED) is 0.746. The monoisotopic (exact) mass is 284 g/mol. The van der Waals surface area contributed by atoms with Gasteiger partial charge in [0.15, 0.2) is 8.32 Å². The highest BCUT2D eigenvalue weighted by atomic mass is 28.5. The first-order valence-corrected chi connectivity index (χ1v) is 15.7. The van der Waals surface area contributed by atoms with Crippen LogP contribution < -0.4 is 0 Å². The molecule has 2 atom stereocenters. The van der Waals surface area contributed by atoms with Gasteiger partial charge in [0.05, 0.1) is 0 Å². The van der Waals surface area contributed by atoms with Crippen molar-refractivity contribution in [3.8, 4) is 0 Å². The maximum atomic E-state index is 9.29. The Morgan fingerprint density at radius 2 is 1.33 bits per heavy atom. The molecule has 8 heteroatoms. The highest BCUT2D eigenvalue weighted by Gasteiger charge is 2.31. The van der Waals surface area contributed by atoms with E-state index in [-0.39, 0.29) is 0 Å². The molecule has 0 aliphatic heterocycles. The Morgan fingerprint density at radius 3 is 1.67 bits per heavy atom. The maximum absolute atomic E-state index is 9.29. The van der Waals surface area contributed by atoms with Gasteiger partial charge in [0, 0.05) is 0 Å². The molecule has 0 saturated heterocycles. The predicted molar refractivity (Wildman–Crippen MR) is 72.3 cm³/mol. The number of rotatable bonds is 6. The van der Waals surface area contributed by atoms with Gasteiger partial charge in [0.2, 0.25) is 0 Å². The van der Waals surface area contributed by atoms with E-state index in [1.165, 1.54) is 0 Å². The smallest absolute Gasteiger partial charge is 0.313 e. The summed E-state index contributed by atoms with van der Waals surface area (Å²) in [7, 11) is -7.26. The van der Waals surface area contributed by atoms with Crippen molar-refractivity contribution < 1.29 is 17.1 Å². The zero-order chi connectivity index (χ0) is 12.3. The zero-order valence-electron chi connectivity index (χ0n) is 10.8. The number of hydrogen-bond acceptors (Lipinski definition) is 4. The minimum absolute atomic E-state index is 1.51. The van der Waals surface area contributed by atoms with Crippen molar-refractivity contribution in [2.24, 2.45) is 0 Å². The first kappa shape index (κ1) is 15.7. The summed E-state index contributed by atoms with van der Waals surface area (Å²) in [6, 6.07) is 0. The lowest BCUT2D eigenvalue weighted by Gasteiger charge is -2.31. The molecule has 0 aromatic rings. The topological polar surface area (TPSA) is 47.9 Å². The molecule has 0 spiro atoms. The summed E-state index contributed by atoms with van der Waals surface area (Å²) in [6.45, 7) is 14.1. The van der Waals surface area contributed by atoms with Gasteiger partial charge in [-0.05, 0) is 45.8 Å². The highest BCUT2D eigenvalue weighted by Crippen LogP contribution is 2.13. The van der Waals surface area contributed by atoms with Gasteiger partial charge in [-0.2, -0.15) is 0 Å². The summed E-state index contributed by atoms with van der Waals surface area (Å²) in [5.74, 6) is 0. The van der Waals surface area contributed by atoms with Crippen LogP contribution in [-0.2, 0) is 12.3 Å². The molecule has 4 nitrogen and oxygen atoms in total. The minimum Gasteiger partial charge on any atom is -0.439 e. The third-order valence-corrected chi connectivity index (χ3v) is 12.8. The van der Waals surface area contributed by atoms with Crippen molar-refractivity contribution in [2.45, 2.75) is 45.8 Å². The molecule has 0 radical (unpaired) electrons. The highest BCUT2D eigenvalue weighted by molar-refractivity contribution is 6.80. The molecule has 0 amide bonds. The van der Waals surface area contributed by atoms with Crippen LogP contribution in [0, 0.1) is 0 Å². The molecule has 0 saturated carbocycles. The van der Waals surface area contributed by atoms with Gasteiger partial charge in [-0.15, -0.1) is 0 Å². The van der Waals surface area contributed by atoms with Crippen LogP contribution >= 0.6 is 0 Å². The standard InChI is InChI=1S/C7H24O4Si4/c1-12(8)9-15(6,7)11-13(2)10-14(3,4)5/h8,12-13H,1-7H3. The van der Waals surface area contributed by atoms with E-state index in [1.54, 1.807) is 6.55 Å². The van der Waals surface area contributed by atoms with E-state index in [0.29, 0.717) is 0 Å². The molecule has 0 aliphatic rings. The van der Waals surface area contributed by atoms with E-state index in [2.05, 4.69) is 19.6 Å². The fourth-order valence-corrected chi connectivity index (χ4v) is 13.2. The second-order valence-corrected chi connectivity index (χ2v) is 17.2. The normalized spacial score (nSPS) is 17.6. The predicted octanol–water partition coefficient (Wildman–Crippen LogP) is 1.27. The fourth-order valence-electron chi connectivity index (χ4n) is 1.36. The first-order chi connectivity index (χ1) is 6.52. The van der Waals surface area contributed by atoms with Crippen molar-refractivity contribution in [3.05, 3.63) is 0 Å². The van der Waals surface area contributed by atoms with Gasteiger partial charge in [-0.1, -0.05) is 0 Å². The van der Waals surface area contributed by atoms with Crippen LogP contribution in [0.4, 0.5) is 0 Å². The molecule has 0 rings (SSSR count). The summed E-state index contributed by atoms with van der Waals surface area (Å²) in [5.41, 5.74) is 0. The van der Waals surface area contributed by atoms with E-state index in [0.717, 1.165) is 0 Å². The van der Waals surface area contributed by atoms with Crippen LogP contribution in [0.15, 0.2) is 0 Å². The second-order valence-electron chi connectivity index (χ2n) is 5.03. The van der Waals surface area contributed by atoms with Crippen LogP contribution in [0.3, 0.4) is 0 Å². The largest absolute Gasteiger partial charge is 0.439 e. The summed E-state index contributed by atoms with van der Waals surface area (Å²) in [5, 5.41) is 0. The van der Waals surface area contributed by atoms with Crippen LogP contribution in [0.5, 0.6) is 0 Å². The Balaban J connectivity index is 4.10. The van der Waals surface area contributed by atoms with E-state index in [1.807, 2.05) is 19.6 Å². The zero-order valence-corrected chi connectivity index (χ0v) is 15.1. The fraction of sp³-hybridized carbons (Fsp3) is 1.00. The van der Waals surface area contributed by atoms with Crippen LogP contribution in [0.1, 0.15) is 0 Å². The third kappa shape index (κ3) is 9.63. The van der Waals surface area contributed by atoms with E-state index >= 15 is 0 Å². The first-order valence-electron chi connectivity index (χ1n) is 5.23. The molecule has 1 N–H and O–H groups in total. The molecule has 0 aliphatic carbocycles. The molecule has 2 unspecified atom stereocenters. The molecule has 0 aromatic carbocycles. The average Bonchev–Trinajstić information content (AvgIpc) is 1.73. The van der Waals surface area contributed by atoms with Gasteiger partial charge < -0.3 is 17.1 Å². The van der Waals surface area contributed by atoms with Gasteiger partial charge in [-0.25, -0.2) is 0 Å². The number of hydrogen-bond donors (Lipinski definition) is 1. The minimum atomic E-state index is -2.16. The Bertz CT molecular complexity index is 192. The van der Waals surface area contributed by atoms with Crippen molar-refractivity contribution in [1.29, 1.82) is 0 Å². The van der Waals surface area contributed by atoms with Gasteiger partial charge in [0.25, 0.3) is 9.28 Å². The van der Waals surface area contributed by atoms with Crippen LogP contribution in [-0.4, -0.2) is 40.2 Å². The SMILES string of the molecule is C[SiH](O)O[Si](C)(C)O[SiH](C)O[Si](C)(C)C. The van der Waals surface area contributed by atoms with Gasteiger partial charge in [-0.3, -0.25) is 0 Å². The molecule has 0 aromatic heterocycles. The molecular formula is C7H24O4Si4. The lowest BCUT2D eigenvalue weighted by Crippen LogP contribution is -2.47. The van der Waals surface area contributed by atoms with Crippen LogP contribution in [0.25, 0.3) is 0 Å². The molecule has 0 heterocycles. The lowest BCUT2D eigenvalue weighted by molar-refractivity contribution is 0.325. The molecular weight excluding hydrogens is 260 g/mol. The summed E-state index contributed by atoms with van der Waals surface area (Å²) in [6.07, 6.45) is 0. The lowest BCUT2D eigenvalue weighted by atomic mass is 11.8. The van der Waals surface area contributed by atoms with Gasteiger partial charge in [0.1, 0.15) is 0 Å². The summed E-state index contributed by atoms with van der Waals surface area (Å²) >= 11 is 0. The Labute approximate surface area is 98.6 Å². The molecule has 0 fully saturated rings. The molecule has 15 heavy (non-hydrogen) atoms. The van der Waals surface area contributed by atoms with Crippen molar-refractivity contribution in [2.75, 3.05) is 0 Å². The summed E-state index contributed by atoms with van der Waals surface area (Å²) in [4.78, 5) is 9.29. The van der Waals surface area contributed by atoms with E-state index in [9.17, 15) is 4.80 Å². The molecule has 0 bridgehead atoms. The average molecular weight is 285 g/mol. The Morgan fingerprint density at radius 1 is 0.867 bits per heavy atom. The Kier molecular flexibility index (Phi) is 6.14. The third-order valence-electron chi connectivity index (χ3n) is 1.42. The van der Waals surface area contributed by atoms with Crippen molar-refractivity contribution in [1.82, 2.24) is 0 Å². The Hall–Kier alpha value is 0.708. The van der Waals surface area contributed by atoms with Gasteiger partial charge >= 0.3 is 17.8 Å².